The van der Waals surface area contributed by atoms with Crippen molar-refractivity contribution in [2.75, 3.05) is 7.11 Å². The minimum absolute atomic E-state index is 0.160. The Morgan fingerprint density at radius 1 is 1.19 bits per heavy atom. The van der Waals surface area contributed by atoms with Crippen LogP contribution in [0.5, 0.6) is 5.75 Å². The first-order valence-electron chi connectivity index (χ1n) is 10.8. The molecule has 190 valence electrons. The Bertz CT molecular complexity index is 1560. The van der Waals surface area contributed by atoms with Crippen molar-refractivity contribution in [1.29, 1.82) is 0 Å². The van der Waals surface area contributed by atoms with Crippen molar-refractivity contribution < 1.29 is 37.0 Å². The maximum atomic E-state index is 13.6. The van der Waals surface area contributed by atoms with E-state index in [0.717, 1.165) is 12.1 Å². The molecule has 11 heteroatoms. The Balaban J connectivity index is 1.56. The fourth-order valence-electron chi connectivity index (χ4n) is 4.32. The van der Waals surface area contributed by atoms with Crippen LogP contribution in [0.4, 0.5) is 13.2 Å². The van der Waals surface area contributed by atoms with Gasteiger partial charge in [-0.15, -0.1) is 11.3 Å². The summed E-state index contributed by atoms with van der Waals surface area (Å²) in [5, 5.41) is 13.4. The predicted molar refractivity (Wildman–Crippen MR) is 131 cm³/mol. The van der Waals surface area contributed by atoms with E-state index in [1.165, 1.54) is 47.6 Å². The van der Waals surface area contributed by atoms with Crippen LogP contribution in [0.2, 0.25) is 5.02 Å². The summed E-state index contributed by atoms with van der Waals surface area (Å²) in [6.07, 6.45) is -4.56. The standard InChI is InChI=1S/C26H17ClF3NO5S/c1-35-18-11-16(27)9-14-10-17(36-24(14)18)22(32)20-21(19-6-3-7-37-19)31(25(34)23(20)33)12-13-4-2-5-15(8-13)26(28,29)30/h2-11,21,33H,12H2,1H3. The van der Waals surface area contributed by atoms with Crippen molar-refractivity contribution in [2.45, 2.75) is 18.8 Å². The van der Waals surface area contributed by atoms with E-state index in [1.807, 2.05) is 0 Å². The Hall–Kier alpha value is -3.76. The van der Waals surface area contributed by atoms with Gasteiger partial charge in [0, 0.05) is 27.9 Å². The van der Waals surface area contributed by atoms with Crippen LogP contribution >= 0.6 is 22.9 Å². The zero-order chi connectivity index (χ0) is 26.5. The molecule has 1 unspecified atom stereocenters. The highest BCUT2D eigenvalue weighted by molar-refractivity contribution is 7.10. The van der Waals surface area contributed by atoms with E-state index in [0.29, 0.717) is 21.0 Å². The molecular weight excluding hydrogens is 531 g/mol. The summed E-state index contributed by atoms with van der Waals surface area (Å²) in [6, 6.07) is 11.4. The number of halogens is 4. The molecule has 1 aliphatic heterocycles. The maximum Gasteiger partial charge on any atom is 0.416 e. The van der Waals surface area contributed by atoms with E-state index in [1.54, 1.807) is 23.6 Å². The summed E-state index contributed by atoms with van der Waals surface area (Å²) in [7, 11) is 1.41. The van der Waals surface area contributed by atoms with Gasteiger partial charge in [-0.2, -0.15) is 13.2 Å². The number of thiophene rings is 1. The average molecular weight is 548 g/mol. The van der Waals surface area contributed by atoms with Crippen LogP contribution < -0.4 is 4.74 Å². The molecule has 1 aliphatic rings. The molecule has 0 aliphatic carbocycles. The molecule has 37 heavy (non-hydrogen) atoms. The Morgan fingerprint density at radius 3 is 2.65 bits per heavy atom. The number of hydrogen-bond donors (Lipinski definition) is 1. The van der Waals surface area contributed by atoms with Gasteiger partial charge in [-0.25, -0.2) is 0 Å². The number of alkyl halides is 3. The number of ether oxygens (including phenoxy) is 1. The number of ketones is 1. The summed E-state index contributed by atoms with van der Waals surface area (Å²) in [6.45, 7) is -0.268. The third kappa shape index (κ3) is 4.47. The van der Waals surface area contributed by atoms with Crippen molar-refractivity contribution in [3.63, 3.8) is 0 Å². The fraction of sp³-hybridized carbons (Fsp3) is 0.154. The van der Waals surface area contributed by atoms with Crippen LogP contribution in [0.25, 0.3) is 11.0 Å². The third-order valence-electron chi connectivity index (χ3n) is 5.96. The molecule has 1 atom stereocenters. The van der Waals surface area contributed by atoms with Gasteiger partial charge in [0.1, 0.15) is 6.04 Å². The number of nitrogens with zero attached hydrogens (tertiary/aromatic N) is 1. The lowest BCUT2D eigenvalue weighted by Gasteiger charge is -2.26. The van der Waals surface area contributed by atoms with Crippen molar-refractivity contribution in [3.8, 4) is 5.75 Å². The topological polar surface area (TPSA) is 80.0 Å². The van der Waals surface area contributed by atoms with Crippen LogP contribution in [-0.2, 0) is 17.5 Å². The highest BCUT2D eigenvalue weighted by atomic mass is 35.5. The number of hydrogen-bond acceptors (Lipinski definition) is 6. The molecule has 0 bridgehead atoms. The Labute approximate surface area is 217 Å². The monoisotopic (exact) mass is 547 g/mol. The predicted octanol–water partition coefficient (Wildman–Crippen LogP) is 6.95. The van der Waals surface area contributed by atoms with E-state index in [4.69, 9.17) is 20.8 Å². The van der Waals surface area contributed by atoms with Crippen molar-refractivity contribution in [3.05, 3.63) is 98.1 Å². The molecule has 0 saturated heterocycles. The molecule has 0 spiro atoms. The lowest BCUT2D eigenvalue weighted by molar-refractivity contribution is -0.137. The van der Waals surface area contributed by atoms with Gasteiger partial charge >= 0.3 is 6.18 Å². The van der Waals surface area contributed by atoms with E-state index in [9.17, 15) is 27.9 Å². The van der Waals surface area contributed by atoms with Crippen LogP contribution in [0, 0.1) is 0 Å². The first-order chi connectivity index (χ1) is 17.6. The van der Waals surface area contributed by atoms with Crippen molar-refractivity contribution in [2.24, 2.45) is 0 Å². The van der Waals surface area contributed by atoms with E-state index < -0.39 is 35.2 Å². The highest BCUT2D eigenvalue weighted by Gasteiger charge is 2.45. The lowest BCUT2D eigenvalue weighted by atomic mass is 9.99. The van der Waals surface area contributed by atoms with Crippen LogP contribution in [0.3, 0.4) is 0 Å². The summed E-state index contributed by atoms with van der Waals surface area (Å²) >= 11 is 7.35. The molecule has 0 fully saturated rings. The molecule has 2 aromatic heterocycles. The second-order valence-electron chi connectivity index (χ2n) is 8.28. The van der Waals surface area contributed by atoms with Gasteiger partial charge in [0.2, 0.25) is 5.78 Å². The first-order valence-corrected chi connectivity index (χ1v) is 12.1. The van der Waals surface area contributed by atoms with Gasteiger partial charge in [0.05, 0.1) is 18.2 Å². The zero-order valence-corrected chi connectivity index (χ0v) is 20.6. The normalized spacial score (nSPS) is 16.2. The number of carbonyl (C=O) groups excluding carboxylic acids is 2. The number of fused-ring (bicyclic) bond motifs is 1. The molecule has 0 radical (unpaired) electrons. The molecule has 1 amide bonds. The minimum atomic E-state index is -4.56. The summed E-state index contributed by atoms with van der Waals surface area (Å²) in [5.41, 5.74) is -0.654. The van der Waals surface area contributed by atoms with Gasteiger partial charge in [-0.1, -0.05) is 29.8 Å². The Morgan fingerprint density at radius 2 is 1.97 bits per heavy atom. The number of amides is 1. The number of aliphatic hydroxyl groups excluding tert-OH is 1. The number of furan rings is 1. The quantitative estimate of drug-likeness (QED) is 0.264. The largest absolute Gasteiger partial charge is 0.503 e. The summed E-state index contributed by atoms with van der Waals surface area (Å²) in [5.74, 6) is -2.28. The SMILES string of the molecule is COc1cc(Cl)cc2cc(C(=O)C3=C(O)C(=O)N(Cc4cccc(C(F)(F)F)c4)C3c3cccs3)oc12. The molecule has 5 rings (SSSR count). The average Bonchev–Trinajstić information content (AvgIpc) is 3.58. The summed E-state index contributed by atoms with van der Waals surface area (Å²) < 4.78 is 50.7. The second kappa shape index (κ2) is 9.28. The van der Waals surface area contributed by atoms with Crippen molar-refractivity contribution >= 4 is 45.6 Å². The fourth-order valence-corrected chi connectivity index (χ4v) is 5.38. The second-order valence-corrected chi connectivity index (χ2v) is 9.69. The lowest BCUT2D eigenvalue weighted by Crippen LogP contribution is -2.30. The number of carbonyl (C=O) groups is 2. The molecular formula is C26H17ClF3NO5S. The number of aliphatic hydroxyl groups is 1. The molecule has 1 N–H and O–H groups in total. The van der Waals surface area contributed by atoms with Gasteiger partial charge in [0.25, 0.3) is 5.91 Å². The highest BCUT2D eigenvalue weighted by Crippen LogP contribution is 2.43. The van der Waals surface area contributed by atoms with E-state index in [2.05, 4.69) is 0 Å². The first kappa shape index (κ1) is 24.9. The number of rotatable bonds is 6. The zero-order valence-electron chi connectivity index (χ0n) is 19.0. The van der Waals surface area contributed by atoms with Gasteiger partial charge in [-0.05, 0) is 41.3 Å². The van der Waals surface area contributed by atoms with E-state index >= 15 is 0 Å². The maximum absolute atomic E-state index is 13.6. The molecule has 0 saturated carbocycles. The van der Waals surface area contributed by atoms with Gasteiger partial charge in [-0.3, -0.25) is 9.59 Å². The molecule has 2 aromatic carbocycles. The third-order valence-corrected chi connectivity index (χ3v) is 7.10. The smallest absolute Gasteiger partial charge is 0.416 e. The van der Waals surface area contributed by atoms with Crippen LogP contribution in [0.1, 0.15) is 32.6 Å². The molecule has 3 heterocycles. The minimum Gasteiger partial charge on any atom is -0.503 e. The number of Topliss-reactive ketones (excluding diaryl/α,β-unsaturated/α-hetero) is 1. The van der Waals surface area contributed by atoms with Crippen LogP contribution in [-0.4, -0.2) is 28.8 Å². The van der Waals surface area contributed by atoms with Crippen LogP contribution in [0.15, 0.2) is 75.7 Å². The summed E-state index contributed by atoms with van der Waals surface area (Å²) in [4.78, 5) is 28.5. The number of benzene rings is 2. The Kier molecular flexibility index (Phi) is 6.25. The van der Waals surface area contributed by atoms with Crippen molar-refractivity contribution in [1.82, 2.24) is 4.90 Å². The molecule has 4 aromatic rings. The van der Waals surface area contributed by atoms with E-state index in [-0.39, 0.29) is 29.0 Å². The van der Waals surface area contributed by atoms with Gasteiger partial charge < -0.3 is 19.2 Å². The molecule has 6 nitrogen and oxygen atoms in total. The number of methoxy groups -OCH3 is 1. The van der Waals surface area contributed by atoms with Gasteiger partial charge in [0.15, 0.2) is 22.9 Å².